The summed E-state index contributed by atoms with van der Waals surface area (Å²) in [4.78, 5) is 0. The lowest BCUT2D eigenvalue weighted by Crippen LogP contribution is -2.28. The summed E-state index contributed by atoms with van der Waals surface area (Å²) in [6, 6.07) is 1.63. The van der Waals surface area contributed by atoms with E-state index in [1.807, 2.05) is 0 Å². The summed E-state index contributed by atoms with van der Waals surface area (Å²) >= 11 is 11.1. The fourth-order valence-corrected chi connectivity index (χ4v) is 1.46. The number of benzene rings is 1. The van der Waals surface area contributed by atoms with E-state index < -0.39 is 12.2 Å². The van der Waals surface area contributed by atoms with Gasteiger partial charge in [0, 0.05) is 10.0 Å². The number of alkyl halides is 3. The Bertz CT molecular complexity index is 338. The van der Waals surface area contributed by atoms with Crippen molar-refractivity contribution in [2.24, 2.45) is 5.73 Å². The largest absolute Gasteiger partial charge is 0.407 e. The SMILES string of the molecule is NC(c1ccc(Cl)cc1Cl)C(F)(F)F. The lowest BCUT2D eigenvalue weighted by molar-refractivity contribution is -0.149. The Labute approximate surface area is 88.6 Å². The summed E-state index contributed by atoms with van der Waals surface area (Å²) in [6.07, 6.45) is -4.50. The third-order valence-electron chi connectivity index (χ3n) is 1.65. The molecule has 0 radical (unpaired) electrons. The molecule has 0 aromatic heterocycles. The first-order valence-electron chi connectivity index (χ1n) is 3.59. The summed E-state index contributed by atoms with van der Waals surface area (Å²) in [5.74, 6) is 0. The third kappa shape index (κ3) is 2.53. The van der Waals surface area contributed by atoms with Gasteiger partial charge in [-0.2, -0.15) is 13.2 Å². The van der Waals surface area contributed by atoms with Gasteiger partial charge in [0.15, 0.2) is 0 Å². The van der Waals surface area contributed by atoms with E-state index in [1.54, 1.807) is 0 Å². The van der Waals surface area contributed by atoms with Crippen LogP contribution in [0.1, 0.15) is 11.6 Å². The summed E-state index contributed by atoms with van der Waals surface area (Å²) in [5.41, 5.74) is 4.79. The highest BCUT2D eigenvalue weighted by molar-refractivity contribution is 6.35. The van der Waals surface area contributed by atoms with Crippen molar-refractivity contribution in [2.75, 3.05) is 0 Å². The van der Waals surface area contributed by atoms with Gasteiger partial charge in [-0.3, -0.25) is 0 Å². The normalized spacial score (nSPS) is 14.1. The highest BCUT2D eigenvalue weighted by Crippen LogP contribution is 2.34. The molecule has 0 amide bonds. The summed E-state index contributed by atoms with van der Waals surface area (Å²) < 4.78 is 36.6. The molecule has 2 N–H and O–H groups in total. The van der Waals surface area contributed by atoms with Crippen molar-refractivity contribution in [2.45, 2.75) is 12.2 Å². The fourth-order valence-electron chi connectivity index (χ4n) is 0.930. The molecule has 1 aromatic carbocycles. The number of halogens is 5. The molecule has 6 heteroatoms. The molecule has 0 aliphatic heterocycles. The molecule has 78 valence electrons. The maximum atomic E-state index is 12.2. The van der Waals surface area contributed by atoms with Crippen molar-refractivity contribution in [3.05, 3.63) is 33.8 Å². The Morgan fingerprint density at radius 2 is 1.79 bits per heavy atom. The number of nitrogens with two attached hydrogens (primary N) is 1. The van der Waals surface area contributed by atoms with E-state index in [4.69, 9.17) is 28.9 Å². The van der Waals surface area contributed by atoms with E-state index in [9.17, 15) is 13.2 Å². The summed E-state index contributed by atoms with van der Waals surface area (Å²) in [5, 5.41) is 0.190. The second-order valence-corrected chi connectivity index (χ2v) is 3.53. The third-order valence-corrected chi connectivity index (χ3v) is 2.21. The van der Waals surface area contributed by atoms with Crippen LogP contribution in [0, 0.1) is 0 Å². The molecule has 1 unspecified atom stereocenters. The molecule has 0 saturated carbocycles. The van der Waals surface area contributed by atoms with E-state index in [2.05, 4.69) is 0 Å². The van der Waals surface area contributed by atoms with Crippen molar-refractivity contribution in [1.82, 2.24) is 0 Å². The van der Waals surface area contributed by atoms with Crippen LogP contribution in [-0.4, -0.2) is 6.18 Å². The molecule has 0 aliphatic carbocycles. The van der Waals surface area contributed by atoms with E-state index in [0.29, 0.717) is 0 Å². The minimum atomic E-state index is -4.50. The van der Waals surface area contributed by atoms with E-state index >= 15 is 0 Å². The Hall–Kier alpha value is -0.450. The maximum absolute atomic E-state index is 12.2. The van der Waals surface area contributed by atoms with E-state index in [1.165, 1.54) is 18.2 Å². The van der Waals surface area contributed by atoms with Gasteiger partial charge in [-0.05, 0) is 17.7 Å². The van der Waals surface area contributed by atoms with Gasteiger partial charge in [-0.1, -0.05) is 29.3 Å². The first-order valence-corrected chi connectivity index (χ1v) is 4.35. The molecule has 0 spiro atoms. The quantitative estimate of drug-likeness (QED) is 0.802. The Balaban J connectivity index is 3.08. The molecule has 0 heterocycles. The van der Waals surface area contributed by atoms with Gasteiger partial charge < -0.3 is 5.73 Å². The van der Waals surface area contributed by atoms with Crippen LogP contribution in [0.4, 0.5) is 13.2 Å². The smallest absolute Gasteiger partial charge is 0.316 e. The molecule has 0 fully saturated rings. The molecule has 0 saturated heterocycles. The molecule has 0 aliphatic rings. The highest BCUT2D eigenvalue weighted by Gasteiger charge is 2.38. The van der Waals surface area contributed by atoms with Crippen LogP contribution in [0.15, 0.2) is 18.2 Å². The minimum Gasteiger partial charge on any atom is -0.316 e. The predicted octanol–water partition coefficient (Wildman–Crippen LogP) is 3.56. The van der Waals surface area contributed by atoms with Crippen molar-refractivity contribution in [3.8, 4) is 0 Å². The fraction of sp³-hybridized carbons (Fsp3) is 0.250. The van der Waals surface area contributed by atoms with Crippen LogP contribution in [0.2, 0.25) is 10.0 Å². The zero-order valence-corrected chi connectivity index (χ0v) is 8.29. The summed E-state index contributed by atoms with van der Waals surface area (Å²) in [7, 11) is 0. The Morgan fingerprint density at radius 1 is 1.21 bits per heavy atom. The predicted molar refractivity (Wildman–Crippen MR) is 49.4 cm³/mol. The van der Waals surface area contributed by atoms with Gasteiger partial charge in [-0.25, -0.2) is 0 Å². The van der Waals surface area contributed by atoms with Crippen LogP contribution in [-0.2, 0) is 0 Å². The molecule has 1 aromatic rings. The van der Waals surface area contributed by atoms with Gasteiger partial charge in [-0.15, -0.1) is 0 Å². The lowest BCUT2D eigenvalue weighted by Gasteiger charge is -2.16. The second kappa shape index (κ2) is 3.96. The van der Waals surface area contributed by atoms with Crippen LogP contribution < -0.4 is 5.73 Å². The molecular weight excluding hydrogens is 238 g/mol. The Morgan fingerprint density at radius 3 is 2.21 bits per heavy atom. The standard InChI is InChI=1S/C8H6Cl2F3N/c9-4-1-2-5(6(10)3-4)7(14)8(11,12)13/h1-3,7H,14H2. The molecule has 1 nitrogen and oxygen atoms in total. The average Bonchev–Trinajstić information content (AvgIpc) is 2.01. The zero-order chi connectivity index (χ0) is 10.9. The van der Waals surface area contributed by atoms with Gasteiger partial charge in [0.25, 0.3) is 0 Å². The second-order valence-electron chi connectivity index (χ2n) is 2.69. The van der Waals surface area contributed by atoms with Crippen molar-refractivity contribution < 1.29 is 13.2 Å². The van der Waals surface area contributed by atoms with Crippen molar-refractivity contribution in [3.63, 3.8) is 0 Å². The number of rotatable bonds is 1. The van der Waals surface area contributed by atoms with E-state index in [0.717, 1.165) is 0 Å². The first-order chi connectivity index (χ1) is 6.32. The average molecular weight is 244 g/mol. The van der Waals surface area contributed by atoms with Crippen LogP contribution in [0.3, 0.4) is 0 Å². The van der Waals surface area contributed by atoms with Gasteiger partial charge in [0.05, 0.1) is 0 Å². The maximum Gasteiger partial charge on any atom is 0.407 e. The minimum absolute atomic E-state index is 0.0812. The zero-order valence-electron chi connectivity index (χ0n) is 6.78. The van der Waals surface area contributed by atoms with Crippen LogP contribution >= 0.6 is 23.2 Å². The molecule has 0 bridgehead atoms. The van der Waals surface area contributed by atoms with Crippen LogP contribution in [0.5, 0.6) is 0 Å². The lowest BCUT2D eigenvalue weighted by atomic mass is 10.1. The highest BCUT2D eigenvalue weighted by atomic mass is 35.5. The van der Waals surface area contributed by atoms with Gasteiger partial charge in [0.2, 0.25) is 0 Å². The molecular formula is C8H6Cl2F3N. The summed E-state index contributed by atoms with van der Waals surface area (Å²) in [6.45, 7) is 0. The van der Waals surface area contributed by atoms with Crippen molar-refractivity contribution in [1.29, 1.82) is 0 Å². The molecule has 14 heavy (non-hydrogen) atoms. The van der Waals surface area contributed by atoms with E-state index in [-0.39, 0.29) is 15.6 Å². The van der Waals surface area contributed by atoms with Gasteiger partial charge >= 0.3 is 6.18 Å². The molecule has 1 rings (SSSR count). The molecule has 1 atom stereocenters. The topological polar surface area (TPSA) is 26.0 Å². The van der Waals surface area contributed by atoms with Crippen LogP contribution in [0.25, 0.3) is 0 Å². The van der Waals surface area contributed by atoms with Crippen molar-refractivity contribution >= 4 is 23.2 Å². The van der Waals surface area contributed by atoms with Gasteiger partial charge in [0.1, 0.15) is 6.04 Å². The number of hydrogen-bond acceptors (Lipinski definition) is 1. The first kappa shape index (κ1) is 11.6. The monoisotopic (exact) mass is 243 g/mol. The number of hydrogen-bond donors (Lipinski definition) is 1. The Kier molecular flexibility index (Phi) is 3.29.